The highest BCUT2D eigenvalue weighted by molar-refractivity contribution is 5.86. The monoisotopic (exact) mass is 320 g/mol. The number of hydrogen-bond donors (Lipinski definition) is 0. The Kier molecular flexibility index (Phi) is 3.64. The van der Waals surface area contributed by atoms with Gasteiger partial charge in [-0.1, -0.05) is 29.8 Å². The fraction of sp³-hybridized carbons (Fsp3) is 0.286. The summed E-state index contributed by atoms with van der Waals surface area (Å²) >= 11 is 0. The second-order valence-electron chi connectivity index (χ2n) is 6.54. The standard InChI is InChI=1S/C21H20O3/c1-13-5-3-6-15(11-13)12-23-19-10-9-17-16-7-4-8-18(16)21(22)24-20(17)14(19)2/h3,5-6,9-11H,4,7-8,12H2,1-2H3. The lowest BCUT2D eigenvalue weighted by molar-refractivity contribution is 0.304. The molecule has 0 aliphatic heterocycles. The maximum absolute atomic E-state index is 12.2. The third-order valence-electron chi connectivity index (χ3n) is 4.82. The van der Waals surface area contributed by atoms with E-state index in [1.54, 1.807) is 0 Å². The highest BCUT2D eigenvalue weighted by Gasteiger charge is 2.21. The van der Waals surface area contributed by atoms with Crippen LogP contribution in [0.4, 0.5) is 0 Å². The summed E-state index contributed by atoms with van der Waals surface area (Å²) in [5, 5.41) is 1.06. The second kappa shape index (κ2) is 5.82. The summed E-state index contributed by atoms with van der Waals surface area (Å²) in [7, 11) is 0. The van der Waals surface area contributed by atoms with Gasteiger partial charge in [-0.15, -0.1) is 0 Å². The van der Waals surface area contributed by atoms with Gasteiger partial charge in [-0.3, -0.25) is 0 Å². The first kappa shape index (κ1) is 15.0. The average molecular weight is 320 g/mol. The first-order valence-electron chi connectivity index (χ1n) is 8.40. The van der Waals surface area contributed by atoms with Crippen molar-refractivity contribution in [2.75, 3.05) is 0 Å². The molecule has 0 saturated carbocycles. The van der Waals surface area contributed by atoms with Crippen LogP contribution >= 0.6 is 0 Å². The van der Waals surface area contributed by atoms with Gasteiger partial charge in [-0.25, -0.2) is 4.79 Å². The van der Waals surface area contributed by atoms with Gasteiger partial charge in [0.2, 0.25) is 0 Å². The molecule has 3 aromatic rings. The molecule has 0 amide bonds. The Morgan fingerprint density at radius 3 is 2.75 bits per heavy atom. The van der Waals surface area contributed by atoms with Gasteiger partial charge in [0.05, 0.1) is 0 Å². The largest absolute Gasteiger partial charge is 0.488 e. The van der Waals surface area contributed by atoms with Crippen LogP contribution in [0.5, 0.6) is 5.75 Å². The fourth-order valence-corrected chi connectivity index (χ4v) is 3.58. The Morgan fingerprint density at radius 1 is 1.08 bits per heavy atom. The molecular formula is C21H20O3. The van der Waals surface area contributed by atoms with Crippen LogP contribution in [-0.2, 0) is 19.4 Å². The molecule has 0 atom stereocenters. The van der Waals surface area contributed by atoms with E-state index in [4.69, 9.17) is 9.15 Å². The Balaban J connectivity index is 1.71. The Bertz CT molecular complexity index is 982. The van der Waals surface area contributed by atoms with Crippen molar-refractivity contribution in [3.8, 4) is 5.75 Å². The molecule has 3 heteroatoms. The van der Waals surface area contributed by atoms with Gasteiger partial charge in [-0.2, -0.15) is 0 Å². The molecule has 0 bridgehead atoms. The van der Waals surface area contributed by atoms with E-state index in [0.29, 0.717) is 12.2 Å². The van der Waals surface area contributed by atoms with E-state index in [2.05, 4.69) is 25.1 Å². The Hall–Kier alpha value is -2.55. The zero-order valence-corrected chi connectivity index (χ0v) is 14.0. The van der Waals surface area contributed by atoms with E-state index in [1.807, 2.05) is 25.1 Å². The summed E-state index contributed by atoms with van der Waals surface area (Å²) in [4.78, 5) is 12.2. The molecule has 1 aliphatic carbocycles. The van der Waals surface area contributed by atoms with Crippen LogP contribution in [0.1, 0.15) is 34.2 Å². The molecule has 1 aliphatic rings. The zero-order valence-electron chi connectivity index (χ0n) is 14.0. The molecule has 2 aromatic carbocycles. The molecule has 3 nitrogen and oxygen atoms in total. The first-order valence-corrected chi connectivity index (χ1v) is 8.40. The van der Waals surface area contributed by atoms with Crippen molar-refractivity contribution in [1.82, 2.24) is 0 Å². The van der Waals surface area contributed by atoms with Crippen LogP contribution in [0, 0.1) is 13.8 Å². The number of fused-ring (bicyclic) bond motifs is 3. The molecule has 1 heterocycles. The third-order valence-corrected chi connectivity index (χ3v) is 4.82. The summed E-state index contributed by atoms with van der Waals surface area (Å²) in [5.74, 6) is 0.769. The lowest BCUT2D eigenvalue weighted by atomic mass is 10.0. The molecule has 0 N–H and O–H groups in total. The van der Waals surface area contributed by atoms with Gasteiger partial charge in [0.1, 0.15) is 17.9 Å². The van der Waals surface area contributed by atoms with Crippen LogP contribution in [0.25, 0.3) is 11.0 Å². The van der Waals surface area contributed by atoms with Gasteiger partial charge in [0.15, 0.2) is 0 Å². The molecule has 122 valence electrons. The van der Waals surface area contributed by atoms with E-state index in [1.165, 1.54) is 5.56 Å². The fourth-order valence-electron chi connectivity index (χ4n) is 3.58. The van der Waals surface area contributed by atoms with Gasteiger partial charge in [0.25, 0.3) is 0 Å². The Labute approximate surface area is 140 Å². The summed E-state index contributed by atoms with van der Waals surface area (Å²) < 4.78 is 11.6. The van der Waals surface area contributed by atoms with Crippen molar-refractivity contribution in [2.24, 2.45) is 0 Å². The molecule has 0 radical (unpaired) electrons. The Morgan fingerprint density at radius 2 is 1.92 bits per heavy atom. The van der Waals surface area contributed by atoms with Gasteiger partial charge in [-0.05, 0) is 56.4 Å². The maximum Gasteiger partial charge on any atom is 0.339 e. The molecule has 4 rings (SSSR count). The molecular weight excluding hydrogens is 300 g/mol. The molecule has 24 heavy (non-hydrogen) atoms. The van der Waals surface area contributed by atoms with Crippen LogP contribution in [0.3, 0.4) is 0 Å². The minimum Gasteiger partial charge on any atom is -0.488 e. The zero-order chi connectivity index (χ0) is 16.7. The van der Waals surface area contributed by atoms with Crippen molar-refractivity contribution in [1.29, 1.82) is 0 Å². The van der Waals surface area contributed by atoms with Crippen molar-refractivity contribution >= 4 is 11.0 Å². The predicted molar refractivity (Wildman–Crippen MR) is 94.8 cm³/mol. The normalized spacial score (nSPS) is 13.2. The second-order valence-corrected chi connectivity index (χ2v) is 6.54. The van der Waals surface area contributed by atoms with Crippen LogP contribution in [0.2, 0.25) is 0 Å². The quantitative estimate of drug-likeness (QED) is 0.668. The lowest BCUT2D eigenvalue weighted by Crippen LogP contribution is -2.08. The minimum atomic E-state index is -0.186. The number of aryl methyl sites for hydroxylation is 3. The van der Waals surface area contributed by atoms with Gasteiger partial charge >= 0.3 is 5.63 Å². The van der Waals surface area contributed by atoms with E-state index in [9.17, 15) is 4.79 Å². The first-order chi connectivity index (χ1) is 11.6. The van der Waals surface area contributed by atoms with Crippen LogP contribution in [-0.4, -0.2) is 0 Å². The van der Waals surface area contributed by atoms with Crippen LogP contribution in [0.15, 0.2) is 45.6 Å². The molecule has 0 fully saturated rings. The number of rotatable bonds is 3. The van der Waals surface area contributed by atoms with Crippen molar-refractivity contribution < 1.29 is 9.15 Å². The van der Waals surface area contributed by atoms with Gasteiger partial charge < -0.3 is 9.15 Å². The maximum atomic E-state index is 12.2. The lowest BCUT2D eigenvalue weighted by Gasteiger charge is -2.12. The SMILES string of the molecule is Cc1cccc(COc2ccc3c4c(c(=O)oc3c2C)CCC4)c1. The minimum absolute atomic E-state index is 0.186. The summed E-state index contributed by atoms with van der Waals surface area (Å²) in [6.07, 6.45) is 2.82. The topological polar surface area (TPSA) is 39.4 Å². The number of ether oxygens (including phenoxy) is 1. The van der Waals surface area contributed by atoms with E-state index >= 15 is 0 Å². The van der Waals surface area contributed by atoms with Crippen molar-refractivity contribution in [3.05, 3.63) is 74.6 Å². The summed E-state index contributed by atoms with van der Waals surface area (Å²) in [6, 6.07) is 12.3. The predicted octanol–water partition coefficient (Wildman–Crippen LogP) is 4.48. The van der Waals surface area contributed by atoms with Gasteiger partial charge in [0, 0.05) is 16.5 Å². The summed E-state index contributed by atoms with van der Waals surface area (Å²) in [6.45, 7) is 4.53. The number of hydrogen-bond acceptors (Lipinski definition) is 3. The molecule has 0 spiro atoms. The molecule has 1 aromatic heterocycles. The molecule has 0 unspecified atom stereocenters. The van der Waals surface area contributed by atoms with Crippen molar-refractivity contribution in [2.45, 2.75) is 39.7 Å². The number of benzene rings is 2. The molecule has 0 saturated heterocycles. The highest BCUT2D eigenvalue weighted by atomic mass is 16.5. The van der Waals surface area contributed by atoms with E-state index < -0.39 is 0 Å². The smallest absolute Gasteiger partial charge is 0.339 e. The third kappa shape index (κ3) is 2.50. The average Bonchev–Trinajstić information content (AvgIpc) is 3.06. The summed E-state index contributed by atoms with van der Waals surface area (Å²) in [5.41, 5.74) is 5.74. The van der Waals surface area contributed by atoms with E-state index in [0.717, 1.165) is 52.7 Å². The van der Waals surface area contributed by atoms with Crippen molar-refractivity contribution in [3.63, 3.8) is 0 Å². The van der Waals surface area contributed by atoms with E-state index in [-0.39, 0.29) is 5.63 Å². The highest BCUT2D eigenvalue weighted by Crippen LogP contribution is 2.33. The van der Waals surface area contributed by atoms with Crippen LogP contribution < -0.4 is 10.4 Å².